The molecular formula is C20H30N4. The van der Waals surface area contributed by atoms with Crippen LogP contribution in [0.15, 0.2) is 24.4 Å². The Morgan fingerprint density at radius 3 is 2.58 bits per heavy atom. The molecule has 2 aliphatic rings. The van der Waals surface area contributed by atoms with Crippen LogP contribution < -0.4 is 10.6 Å². The Bertz CT molecular complexity index is 636. The van der Waals surface area contributed by atoms with Crippen molar-refractivity contribution in [3.05, 3.63) is 24.4 Å². The molecular weight excluding hydrogens is 296 g/mol. The van der Waals surface area contributed by atoms with E-state index in [2.05, 4.69) is 39.0 Å². The summed E-state index contributed by atoms with van der Waals surface area (Å²) in [7, 11) is 0. The van der Waals surface area contributed by atoms with Crippen molar-refractivity contribution in [2.75, 3.05) is 11.9 Å². The third-order valence-corrected chi connectivity index (χ3v) is 5.96. The van der Waals surface area contributed by atoms with E-state index >= 15 is 0 Å². The second-order valence-electron chi connectivity index (χ2n) is 7.78. The summed E-state index contributed by atoms with van der Waals surface area (Å²) in [6.45, 7) is 1.25. The number of anilines is 1. The average molecular weight is 326 g/mol. The van der Waals surface area contributed by atoms with Crippen LogP contribution in [-0.2, 0) is 0 Å². The largest absolute Gasteiger partial charge is 0.382 e. The molecule has 2 aliphatic carbocycles. The first-order valence-corrected chi connectivity index (χ1v) is 9.80. The Hall–Kier alpha value is -1.55. The van der Waals surface area contributed by atoms with Gasteiger partial charge in [-0.2, -0.15) is 5.10 Å². The number of aromatic nitrogens is 2. The Morgan fingerprint density at radius 2 is 1.75 bits per heavy atom. The zero-order valence-electron chi connectivity index (χ0n) is 14.6. The predicted octanol–water partition coefficient (Wildman–Crippen LogP) is 4.46. The maximum absolute atomic E-state index is 4.10. The minimum absolute atomic E-state index is 0.613. The van der Waals surface area contributed by atoms with Gasteiger partial charge < -0.3 is 10.6 Å². The van der Waals surface area contributed by atoms with Gasteiger partial charge in [0.1, 0.15) is 0 Å². The number of hydrogen-bond donors (Lipinski definition) is 3. The minimum Gasteiger partial charge on any atom is -0.382 e. The molecule has 1 heterocycles. The molecule has 130 valence electrons. The quantitative estimate of drug-likeness (QED) is 0.760. The summed E-state index contributed by atoms with van der Waals surface area (Å²) in [5.41, 5.74) is 2.33. The van der Waals surface area contributed by atoms with Crippen molar-refractivity contribution in [3.8, 4) is 0 Å². The molecule has 3 N–H and O–H groups in total. The van der Waals surface area contributed by atoms with Crippen LogP contribution in [0.3, 0.4) is 0 Å². The standard InChI is InChI=1S/C20H30N4/c1-2-4-15(5-3-1)13-21-17-6-8-18(9-7-17)23-19-10-11-20-16(12-19)14-22-24-20/h10-12,14-15,17-18,21,23H,1-9,13H2,(H,22,24)/t17-,18-. The van der Waals surface area contributed by atoms with Crippen molar-refractivity contribution in [3.63, 3.8) is 0 Å². The molecule has 1 aromatic heterocycles. The van der Waals surface area contributed by atoms with Crippen LogP contribution in [-0.4, -0.2) is 28.8 Å². The molecule has 0 atom stereocenters. The molecule has 0 saturated heterocycles. The van der Waals surface area contributed by atoms with Crippen molar-refractivity contribution in [2.45, 2.75) is 69.9 Å². The summed E-state index contributed by atoms with van der Waals surface area (Å²) in [4.78, 5) is 0. The maximum Gasteiger partial charge on any atom is 0.0651 e. The van der Waals surface area contributed by atoms with Crippen LogP contribution in [0.2, 0.25) is 0 Å². The van der Waals surface area contributed by atoms with Crippen LogP contribution in [0.1, 0.15) is 57.8 Å². The molecule has 2 saturated carbocycles. The van der Waals surface area contributed by atoms with E-state index in [-0.39, 0.29) is 0 Å². The first-order valence-electron chi connectivity index (χ1n) is 9.80. The highest BCUT2D eigenvalue weighted by atomic mass is 15.1. The van der Waals surface area contributed by atoms with Gasteiger partial charge in [-0.3, -0.25) is 5.10 Å². The van der Waals surface area contributed by atoms with E-state index in [1.54, 1.807) is 0 Å². The van der Waals surface area contributed by atoms with E-state index in [0.29, 0.717) is 6.04 Å². The molecule has 0 radical (unpaired) electrons. The van der Waals surface area contributed by atoms with Gasteiger partial charge in [-0.15, -0.1) is 0 Å². The normalized spacial score (nSPS) is 25.8. The topological polar surface area (TPSA) is 52.7 Å². The molecule has 0 unspecified atom stereocenters. The maximum atomic E-state index is 4.10. The lowest BCUT2D eigenvalue weighted by Crippen LogP contribution is -2.39. The Balaban J connectivity index is 1.22. The SMILES string of the molecule is c1cc2[nH]ncc2cc1N[C@H]1CC[C@H](NCC2CCCCC2)CC1. The summed E-state index contributed by atoms with van der Waals surface area (Å²) >= 11 is 0. The van der Waals surface area contributed by atoms with Crippen molar-refractivity contribution < 1.29 is 0 Å². The van der Waals surface area contributed by atoms with E-state index in [1.807, 2.05) is 6.20 Å². The first kappa shape index (κ1) is 15.9. The number of hydrogen-bond acceptors (Lipinski definition) is 3. The number of fused-ring (bicyclic) bond motifs is 1. The number of nitrogens with one attached hydrogen (secondary N) is 3. The predicted molar refractivity (Wildman–Crippen MR) is 100 cm³/mol. The molecule has 4 nitrogen and oxygen atoms in total. The number of rotatable bonds is 5. The lowest BCUT2D eigenvalue weighted by atomic mass is 9.87. The van der Waals surface area contributed by atoms with Gasteiger partial charge in [0.15, 0.2) is 0 Å². The molecule has 0 spiro atoms. The van der Waals surface area contributed by atoms with Crippen molar-refractivity contribution >= 4 is 16.6 Å². The number of aromatic amines is 1. The smallest absolute Gasteiger partial charge is 0.0651 e. The van der Waals surface area contributed by atoms with Crippen molar-refractivity contribution in [1.82, 2.24) is 15.5 Å². The second kappa shape index (κ2) is 7.56. The van der Waals surface area contributed by atoms with Gasteiger partial charge in [0, 0.05) is 23.2 Å². The van der Waals surface area contributed by atoms with Crippen molar-refractivity contribution in [1.29, 1.82) is 0 Å². The molecule has 0 aliphatic heterocycles. The first-order chi connectivity index (χ1) is 11.9. The van der Waals surface area contributed by atoms with Gasteiger partial charge in [0.25, 0.3) is 0 Å². The molecule has 1 aromatic carbocycles. The fourth-order valence-corrected chi connectivity index (χ4v) is 4.43. The van der Waals surface area contributed by atoms with Gasteiger partial charge >= 0.3 is 0 Å². The lowest BCUT2D eigenvalue weighted by Gasteiger charge is -2.32. The Labute approximate surface area is 144 Å². The highest BCUT2D eigenvalue weighted by molar-refractivity contribution is 5.81. The highest BCUT2D eigenvalue weighted by Crippen LogP contribution is 2.26. The van der Waals surface area contributed by atoms with E-state index < -0.39 is 0 Å². The summed E-state index contributed by atoms with van der Waals surface area (Å²) in [5, 5.41) is 15.9. The van der Waals surface area contributed by atoms with Crippen LogP contribution in [0.25, 0.3) is 10.9 Å². The fraction of sp³-hybridized carbons (Fsp3) is 0.650. The Morgan fingerprint density at radius 1 is 0.958 bits per heavy atom. The average Bonchev–Trinajstić information content (AvgIpc) is 3.10. The van der Waals surface area contributed by atoms with Crippen LogP contribution >= 0.6 is 0 Å². The summed E-state index contributed by atoms with van der Waals surface area (Å²) < 4.78 is 0. The van der Waals surface area contributed by atoms with Gasteiger partial charge in [0.2, 0.25) is 0 Å². The lowest BCUT2D eigenvalue weighted by molar-refractivity contribution is 0.294. The molecule has 2 aromatic rings. The number of benzene rings is 1. The number of nitrogens with zero attached hydrogens (tertiary/aromatic N) is 1. The van der Waals surface area contributed by atoms with Gasteiger partial charge in [0.05, 0.1) is 11.7 Å². The molecule has 4 rings (SSSR count). The number of H-pyrrole nitrogens is 1. The highest BCUT2D eigenvalue weighted by Gasteiger charge is 2.22. The third-order valence-electron chi connectivity index (χ3n) is 5.96. The second-order valence-corrected chi connectivity index (χ2v) is 7.78. The van der Waals surface area contributed by atoms with Gasteiger partial charge in [-0.1, -0.05) is 19.3 Å². The molecule has 4 heteroatoms. The van der Waals surface area contributed by atoms with Gasteiger partial charge in [-0.25, -0.2) is 0 Å². The van der Waals surface area contributed by atoms with E-state index in [9.17, 15) is 0 Å². The molecule has 24 heavy (non-hydrogen) atoms. The third kappa shape index (κ3) is 3.92. The summed E-state index contributed by atoms with van der Waals surface area (Å²) in [6, 6.07) is 7.82. The zero-order chi connectivity index (χ0) is 16.2. The monoisotopic (exact) mass is 326 g/mol. The molecule has 2 fully saturated rings. The van der Waals surface area contributed by atoms with Crippen molar-refractivity contribution in [2.24, 2.45) is 5.92 Å². The molecule has 0 amide bonds. The molecule has 0 bridgehead atoms. The summed E-state index contributed by atoms with van der Waals surface area (Å²) in [5.74, 6) is 0.941. The van der Waals surface area contributed by atoms with Crippen LogP contribution in [0, 0.1) is 5.92 Å². The Kier molecular flexibility index (Phi) is 5.02. The summed E-state index contributed by atoms with van der Waals surface area (Å²) in [6.07, 6.45) is 14.3. The zero-order valence-corrected chi connectivity index (χ0v) is 14.6. The van der Waals surface area contributed by atoms with E-state index in [4.69, 9.17) is 0 Å². The minimum atomic E-state index is 0.613. The van der Waals surface area contributed by atoms with Crippen LogP contribution in [0.5, 0.6) is 0 Å². The van der Waals surface area contributed by atoms with Gasteiger partial charge in [-0.05, 0) is 69.2 Å². The fourth-order valence-electron chi connectivity index (χ4n) is 4.43. The van der Waals surface area contributed by atoms with E-state index in [0.717, 1.165) is 17.5 Å². The van der Waals surface area contributed by atoms with Crippen LogP contribution in [0.4, 0.5) is 5.69 Å². The van der Waals surface area contributed by atoms with E-state index in [1.165, 1.54) is 75.4 Å².